The summed E-state index contributed by atoms with van der Waals surface area (Å²) in [6.45, 7) is 8.48. The average molecular weight is 226 g/mol. The van der Waals surface area contributed by atoms with E-state index in [0.717, 1.165) is 12.8 Å². The van der Waals surface area contributed by atoms with Crippen LogP contribution < -0.4 is 0 Å². The van der Waals surface area contributed by atoms with Crippen molar-refractivity contribution >= 4 is 0 Å². The Labute approximate surface area is 105 Å². The van der Waals surface area contributed by atoms with Crippen LogP contribution in [0.1, 0.15) is 38.2 Å². The summed E-state index contributed by atoms with van der Waals surface area (Å²) in [5, 5.41) is 0. The number of rotatable bonds is 6. The lowest BCUT2D eigenvalue weighted by molar-refractivity contribution is 0.764. The second-order valence-electron chi connectivity index (χ2n) is 4.37. The van der Waals surface area contributed by atoms with Crippen molar-refractivity contribution in [3.05, 3.63) is 72.4 Å². The summed E-state index contributed by atoms with van der Waals surface area (Å²) >= 11 is 0. The summed E-state index contributed by atoms with van der Waals surface area (Å²) in [5.41, 5.74) is 2.56. The summed E-state index contributed by atoms with van der Waals surface area (Å²) in [4.78, 5) is 0. The summed E-state index contributed by atoms with van der Waals surface area (Å²) in [5.74, 6) is 0.531. The Morgan fingerprint density at radius 2 is 1.94 bits per heavy atom. The third-order valence-electron chi connectivity index (χ3n) is 2.75. The van der Waals surface area contributed by atoms with E-state index in [1.807, 2.05) is 0 Å². The Balaban J connectivity index is 2.46. The van der Waals surface area contributed by atoms with Gasteiger partial charge in [-0.1, -0.05) is 80.6 Å². The van der Waals surface area contributed by atoms with Gasteiger partial charge in [0.2, 0.25) is 0 Å². The molecule has 0 fully saturated rings. The van der Waals surface area contributed by atoms with Crippen LogP contribution in [0.4, 0.5) is 0 Å². The molecule has 90 valence electrons. The lowest BCUT2D eigenvalue weighted by Gasteiger charge is -2.11. The predicted molar refractivity (Wildman–Crippen MR) is 77.2 cm³/mol. The van der Waals surface area contributed by atoms with E-state index < -0.39 is 0 Å². The molecule has 0 aliphatic rings. The van der Waals surface area contributed by atoms with Crippen LogP contribution in [-0.4, -0.2) is 0 Å². The summed E-state index contributed by atoms with van der Waals surface area (Å²) in [6.07, 6.45) is 10.5. The molecule has 0 nitrogen and oxygen atoms in total. The molecule has 1 aromatic carbocycles. The van der Waals surface area contributed by atoms with Crippen LogP contribution in [0.25, 0.3) is 0 Å². The van der Waals surface area contributed by atoms with Crippen LogP contribution in [0.5, 0.6) is 0 Å². The maximum atomic E-state index is 4.10. The van der Waals surface area contributed by atoms with E-state index in [4.69, 9.17) is 0 Å². The fraction of sp³-hybridized carbons (Fsp3) is 0.294. The maximum absolute atomic E-state index is 4.10. The van der Waals surface area contributed by atoms with Crippen LogP contribution in [0.3, 0.4) is 0 Å². The Morgan fingerprint density at radius 1 is 1.24 bits per heavy atom. The standard InChI is InChI=1S/C17H22/c1-4-5-6-8-11-15(2)14-16(3)17-12-9-7-10-13-17/h5-13,16H,2,4,14H2,1,3H3/b6-5-,11-8-. The second kappa shape index (κ2) is 7.67. The third-order valence-corrected chi connectivity index (χ3v) is 2.75. The quantitative estimate of drug-likeness (QED) is 0.580. The number of hydrogen-bond donors (Lipinski definition) is 0. The van der Waals surface area contributed by atoms with Crippen molar-refractivity contribution in [1.82, 2.24) is 0 Å². The summed E-state index contributed by atoms with van der Waals surface area (Å²) in [6, 6.07) is 10.6. The summed E-state index contributed by atoms with van der Waals surface area (Å²) in [7, 11) is 0. The summed E-state index contributed by atoms with van der Waals surface area (Å²) < 4.78 is 0. The SMILES string of the molecule is C=C(/C=C\C=C/CC)CC(C)c1ccccc1. The largest absolute Gasteiger partial charge is 0.0958 e. The van der Waals surface area contributed by atoms with Gasteiger partial charge in [-0.2, -0.15) is 0 Å². The van der Waals surface area contributed by atoms with Gasteiger partial charge in [0.1, 0.15) is 0 Å². The van der Waals surface area contributed by atoms with Crippen LogP contribution in [-0.2, 0) is 0 Å². The Hall–Kier alpha value is -1.56. The molecule has 1 atom stereocenters. The number of hydrogen-bond acceptors (Lipinski definition) is 0. The molecule has 0 radical (unpaired) electrons. The van der Waals surface area contributed by atoms with E-state index in [1.54, 1.807) is 0 Å². The number of allylic oxidation sites excluding steroid dienone is 5. The Kier molecular flexibility index (Phi) is 6.09. The molecule has 0 amide bonds. The minimum Gasteiger partial charge on any atom is -0.0958 e. The molecular weight excluding hydrogens is 204 g/mol. The molecule has 0 bridgehead atoms. The van der Waals surface area contributed by atoms with Crippen LogP contribution in [0, 0.1) is 0 Å². The first-order valence-corrected chi connectivity index (χ1v) is 6.30. The molecule has 17 heavy (non-hydrogen) atoms. The minimum absolute atomic E-state index is 0.531. The molecule has 0 aliphatic carbocycles. The third kappa shape index (κ3) is 5.35. The van der Waals surface area contributed by atoms with E-state index in [0.29, 0.717) is 5.92 Å². The fourth-order valence-corrected chi connectivity index (χ4v) is 1.77. The molecular formula is C17H22. The molecule has 0 aromatic heterocycles. The van der Waals surface area contributed by atoms with Gasteiger partial charge >= 0.3 is 0 Å². The molecule has 1 rings (SSSR count). The first kappa shape index (κ1) is 13.5. The van der Waals surface area contributed by atoms with E-state index in [1.165, 1.54) is 11.1 Å². The molecule has 0 saturated carbocycles. The van der Waals surface area contributed by atoms with Crippen molar-refractivity contribution < 1.29 is 0 Å². The van der Waals surface area contributed by atoms with Crippen LogP contribution in [0.15, 0.2) is 66.8 Å². The van der Waals surface area contributed by atoms with E-state index in [9.17, 15) is 0 Å². The lowest BCUT2D eigenvalue weighted by atomic mass is 9.94. The highest BCUT2D eigenvalue weighted by molar-refractivity contribution is 5.25. The normalized spacial score (nSPS) is 13.3. The molecule has 1 aromatic rings. The molecule has 0 heteroatoms. The fourth-order valence-electron chi connectivity index (χ4n) is 1.77. The molecule has 0 aliphatic heterocycles. The molecule has 0 saturated heterocycles. The topological polar surface area (TPSA) is 0 Å². The predicted octanol–water partition coefficient (Wildman–Crippen LogP) is 5.26. The van der Waals surface area contributed by atoms with Crippen molar-refractivity contribution in [3.63, 3.8) is 0 Å². The van der Waals surface area contributed by atoms with Crippen molar-refractivity contribution in [2.24, 2.45) is 0 Å². The van der Waals surface area contributed by atoms with Gasteiger partial charge in [0.25, 0.3) is 0 Å². The monoisotopic (exact) mass is 226 g/mol. The van der Waals surface area contributed by atoms with Crippen molar-refractivity contribution in [1.29, 1.82) is 0 Å². The first-order valence-electron chi connectivity index (χ1n) is 6.30. The van der Waals surface area contributed by atoms with Gasteiger partial charge in [0.05, 0.1) is 0 Å². The molecule has 0 N–H and O–H groups in total. The van der Waals surface area contributed by atoms with Crippen LogP contribution >= 0.6 is 0 Å². The smallest absolute Gasteiger partial charge is 0.0150 e. The van der Waals surface area contributed by atoms with Gasteiger partial charge in [-0.15, -0.1) is 0 Å². The van der Waals surface area contributed by atoms with Crippen molar-refractivity contribution in [2.45, 2.75) is 32.6 Å². The van der Waals surface area contributed by atoms with Crippen molar-refractivity contribution in [3.8, 4) is 0 Å². The zero-order valence-electron chi connectivity index (χ0n) is 10.9. The van der Waals surface area contributed by atoms with E-state index in [-0.39, 0.29) is 0 Å². The zero-order chi connectivity index (χ0) is 12.5. The van der Waals surface area contributed by atoms with Gasteiger partial charge < -0.3 is 0 Å². The highest BCUT2D eigenvalue weighted by atomic mass is 14.1. The van der Waals surface area contributed by atoms with Gasteiger partial charge in [0, 0.05) is 0 Å². The molecule has 0 spiro atoms. The van der Waals surface area contributed by atoms with E-state index >= 15 is 0 Å². The minimum atomic E-state index is 0.531. The van der Waals surface area contributed by atoms with E-state index in [2.05, 4.69) is 75.1 Å². The Morgan fingerprint density at radius 3 is 2.59 bits per heavy atom. The zero-order valence-corrected chi connectivity index (χ0v) is 10.9. The van der Waals surface area contributed by atoms with Crippen molar-refractivity contribution in [2.75, 3.05) is 0 Å². The van der Waals surface area contributed by atoms with Crippen LogP contribution in [0.2, 0.25) is 0 Å². The average Bonchev–Trinajstić information content (AvgIpc) is 2.36. The lowest BCUT2D eigenvalue weighted by Crippen LogP contribution is -1.93. The molecule has 0 heterocycles. The van der Waals surface area contributed by atoms with Gasteiger partial charge in [0.15, 0.2) is 0 Å². The van der Waals surface area contributed by atoms with Gasteiger partial charge in [-0.25, -0.2) is 0 Å². The van der Waals surface area contributed by atoms with Gasteiger partial charge in [-0.05, 0) is 24.3 Å². The van der Waals surface area contributed by atoms with Gasteiger partial charge in [-0.3, -0.25) is 0 Å². The highest BCUT2D eigenvalue weighted by Gasteiger charge is 2.04. The Bertz CT molecular complexity index is 382. The molecule has 1 unspecified atom stereocenters. The first-order chi connectivity index (χ1) is 8.24. The second-order valence-corrected chi connectivity index (χ2v) is 4.37. The maximum Gasteiger partial charge on any atom is -0.0150 e. The highest BCUT2D eigenvalue weighted by Crippen LogP contribution is 2.22. The number of benzene rings is 1.